The van der Waals surface area contributed by atoms with Gasteiger partial charge in [0.05, 0.1) is 0 Å². The van der Waals surface area contributed by atoms with Crippen LogP contribution in [0.1, 0.15) is 0 Å². The van der Waals surface area contributed by atoms with E-state index in [1.165, 1.54) is 0 Å². The molecule has 0 aromatic carbocycles. The van der Waals surface area contributed by atoms with Crippen molar-refractivity contribution >= 4 is 21.7 Å². The molecule has 0 amide bonds. The molecule has 0 rings (SSSR count). The van der Waals surface area contributed by atoms with E-state index in [2.05, 4.69) is 0 Å². The Labute approximate surface area is 63.5 Å². The summed E-state index contributed by atoms with van der Waals surface area (Å²) in [4.78, 5) is 10.2. The van der Waals surface area contributed by atoms with Crippen LogP contribution in [-0.4, -0.2) is 42.0 Å². The predicted octanol–water partition coefficient (Wildman–Crippen LogP) is -2.78. The monoisotopic (exact) mass is 216 g/mol. The van der Waals surface area contributed by atoms with Crippen molar-refractivity contribution in [3.05, 3.63) is 0 Å². The van der Waals surface area contributed by atoms with Gasteiger partial charge in [0.15, 0.2) is 0 Å². The fourth-order valence-corrected chi connectivity index (χ4v) is 0.479. The average molecular weight is 217 g/mol. The first-order valence-corrected chi connectivity index (χ1v) is 2.80. The van der Waals surface area contributed by atoms with Gasteiger partial charge in [-0.3, -0.25) is 4.79 Å². The Hall–Kier alpha value is -0.0500. The van der Waals surface area contributed by atoms with Gasteiger partial charge in [-0.05, 0) is 15.9 Å². The van der Waals surface area contributed by atoms with E-state index in [0.717, 1.165) is 0 Å². The van der Waals surface area contributed by atoms with Gasteiger partial charge in [0.1, 0.15) is 0 Å². The topological polar surface area (TPSA) is 118 Å². The lowest BCUT2D eigenvalue weighted by atomic mass is 10.3. The molecular formula is C3H5BrO6. The molecule has 6 nitrogen and oxygen atoms in total. The van der Waals surface area contributed by atoms with E-state index in [1.54, 1.807) is 0 Å². The van der Waals surface area contributed by atoms with Crippen LogP contribution < -0.4 is 0 Å². The SMILES string of the molecule is O=C(C(O)(O)O)C(O)(O)Br. The molecule has 0 saturated heterocycles. The molecule has 0 spiro atoms. The number of ketones is 1. The van der Waals surface area contributed by atoms with Crippen LogP contribution >= 0.6 is 15.9 Å². The third-order valence-electron chi connectivity index (χ3n) is 0.594. The van der Waals surface area contributed by atoms with Crippen LogP contribution in [0.15, 0.2) is 0 Å². The second kappa shape index (κ2) is 2.53. The van der Waals surface area contributed by atoms with Gasteiger partial charge < -0.3 is 25.5 Å². The Morgan fingerprint density at radius 2 is 1.40 bits per heavy atom. The van der Waals surface area contributed by atoms with Gasteiger partial charge in [0.2, 0.25) is 0 Å². The van der Waals surface area contributed by atoms with E-state index < -0.39 is 16.5 Å². The fourth-order valence-electron chi connectivity index (χ4n) is 0.213. The second-order valence-corrected chi connectivity index (χ2v) is 2.66. The molecule has 5 N–H and O–H groups in total. The smallest absolute Gasteiger partial charge is 0.345 e. The van der Waals surface area contributed by atoms with Gasteiger partial charge in [-0.15, -0.1) is 0 Å². The molecule has 60 valence electrons. The van der Waals surface area contributed by atoms with Crippen molar-refractivity contribution in [2.24, 2.45) is 0 Å². The number of Topliss-reactive ketones (excluding diaryl/α,β-unsaturated/α-hetero) is 1. The summed E-state index contributed by atoms with van der Waals surface area (Å²) in [5.74, 6) is -5.73. The van der Waals surface area contributed by atoms with Crippen LogP contribution in [0, 0.1) is 0 Å². The lowest BCUT2D eigenvalue weighted by Crippen LogP contribution is -2.49. The highest BCUT2D eigenvalue weighted by molar-refractivity contribution is 9.10. The first-order chi connectivity index (χ1) is 4.15. The summed E-state index contributed by atoms with van der Waals surface area (Å²) < 4.78 is -3.13. The zero-order valence-electron chi connectivity index (χ0n) is 4.52. The van der Waals surface area contributed by atoms with Gasteiger partial charge >= 0.3 is 5.97 Å². The molecule has 0 aromatic heterocycles. The molecule has 10 heavy (non-hydrogen) atoms. The highest BCUT2D eigenvalue weighted by Crippen LogP contribution is 2.15. The number of carbonyl (C=O) groups is 1. The zero-order valence-corrected chi connectivity index (χ0v) is 6.11. The Kier molecular flexibility index (Phi) is 2.52. The van der Waals surface area contributed by atoms with E-state index in [9.17, 15) is 4.79 Å². The fraction of sp³-hybridized carbons (Fsp3) is 0.667. The van der Waals surface area contributed by atoms with Crippen molar-refractivity contribution in [1.29, 1.82) is 0 Å². The minimum absolute atomic E-state index is 1.96. The number of carbonyl (C=O) groups excluding carboxylic acids is 1. The molecule has 0 bridgehead atoms. The van der Waals surface area contributed by atoms with E-state index in [1.807, 2.05) is 15.9 Å². The third-order valence-corrected chi connectivity index (χ3v) is 0.954. The summed E-state index contributed by atoms with van der Waals surface area (Å²) in [6.07, 6.45) is 0. The molecule has 0 fully saturated rings. The summed E-state index contributed by atoms with van der Waals surface area (Å²) >= 11 is 1.96. The van der Waals surface area contributed by atoms with Gasteiger partial charge in [-0.1, -0.05) is 0 Å². The lowest BCUT2D eigenvalue weighted by molar-refractivity contribution is -0.299. The van der Waals surface area contributed by atoms with Gasteiger partial charge in [-0.25, -0.2) is 0 Å². The van der Waals surface area contributed by atoms with E-state index in [-0.39, 0.29) is 0 Å². The van der Waals surface area contributed by atoms with Crippen LogP contribution in [0.25, 0.3) is 0 Å². The quantitative estimate of drug-likeness (QED) is 0.252. The summed E-state index contributed by atoms with van der Waals surface area (Å²) in [5.41, 5.74) is 0. The summed E-state index contributed by atoms with van der Waals surface area (Å²) in [6.45, 7) is 0. The highest BCUT2D eigenvalue weighted by atomic mass is 79.9. The van der Waals surface area contributed by atoms with E-state index in [0.29, 0.717) is 0 Å². The first-order valence-electron chi connectivity index (χ1n) is 2.01. The molecule has 0 aliphatic rings. The van der Waals surface area contributed by atoms with Crippen LogP contribution in [0.5, 0.6) is 0 Å². The predicted molar refractivity (Wildman–Crippen MR) is 30.5 cm³/mol. The van der Waals surface area contributed by atoms with Crippen molar-refractivity contribution in [3.63, 3.8) is 0 Å². The molecule has 0 aromatic rings. The molecule has 0 atom stereocenters. The standard InChI is InChI=1S/C3H5BrO6/c4-2(6,7)1(5)3(8,9)10/h6-10H. The maximum absolute atomic E-state index is 10.2. The largest absolute Gasteiger partial charge is 0.351 e. The maximum atomic E-state index is 10.2. The molecular weight excluding hydrogens is 212 g/mol. The molecule has 0 radical (unpaired) electrons. The average Bonchev–Trinajstić information content (AvgIpc) is 1.59. The third kappa shape index (κ3) is 2.69. The molecule has 7 heteroatoms. The van der Waals surface area contributed by atoms with Crippen molar-refractivity contribution in [2.45, 2.75) is 10.7 Å². The van der Waals surface area contributed by atoms with E-state index >= 15 is 0 Å². The van der Waals surface area contributed by atoms with Crippen LogP contribution in [0.3, 0.4) is 0 Å². The van der Waals surface area contributed by atoms with Crippen molar-refractivity contribution in [3.8, 4) is 0 Å². The number of alkyl halides is 1. The summed E-state index contributed by atoms with van der Waals surface area (Å²) in [6, 6.07) is 0. The molecule has 0 aliphatic carbocycles. The van der Waals surface area contributed by atoms with Crippen molar-refractivity contribution in [2.75, 3.05) is 0 Å². The Balaban J connectivity index is 4.40. The Morgan fingerprint density at radius 3 is 1.40 bits per heavy atom. The summed E-state index contributed by atoms with van der Waals surface area (Å²) in [7, 11) is 0. The minimum Gasteiger partial charge on any atom is -0.351 e. The normalized spacial score (nSPS) is 13.4. The van der Waals surface area contributed by atoms with Crippen molar-refractivity contribution < 1.29 is 30.3 Å². The van der Waals surface area contributed by atoms with Crippen LogP contribution in [-0.2, 0) is 4.79 Å². The number of aliphatic hydroxyl groups is 5. The molecule has 0 aliphatic heterocycles. The number of hydrogen-bond donors (Lipinski definition) is 5. The summed E-state index contributed by atoms with van der Waals surface area (Å²) in [5, 5.41) is 40.6. The first kappa shape index (κ1) is 9.95. The van der Waals surface area contributed by atoms with Crippen molar-refractivity contribution in [1.82, 2.24) is 0 Å². The van der Waals surface area contributed by atoms with Crippen LogP contribution in [0.2, 0.25) is 0 Å². The Bertz CT molecular complexity index is 124. The number of hydrogen-bond acceptors (Lipinski definition) is 6. The van der Waals surface area contributed by atoms with Gasteiger partial charge in [0, 0.05) is 0 Å². The molecule has 0 unspecified atom stereocenters. The maximum Gasteiger partial charge on any atom is 0.345 e. The Morgan fingerprint density at radius 1 is 1.10 bits per heavy atom. The zero-order chi connectivity index (χ0) is 8.58. The lowest BCUT2D eigenvalue weighted by Gasteiger charge is -2.18. The number of halogens is 1. The van der Waals surface area contributed by atoms with Crippen LogP contribution in [0.4, 0.5) is 0 Å². The number of rotatable bonds is 2. The highest BCUT2D eigenvalue weighted by Gasteiger charge is 2.44. The molecule has 0 saturated carbocycles. The van der Waals surface area contributed by atoms with E-state index in [4.69, 9.17) is 25.5 Å². The molecule has 0 heterocycles. The van der Waals surface area contributed by atoms with Gasteiger partial charge in [0.25, 0.3) is 10.5 Å². The van der Waals surface area contributed by atoms with Gasteiger partial charge in [-0.2, -0.15) is 0 Å². The second-order valence-electron chi connectivity index (χ2n) is 1.55. The minimum atomic E-state index is -3.74.